The third-order valence-corrected chi connectivity index (χ3v) is 5.00. The normalized spacial score (nSPS) is 11.0. The van der Waals surface area contributed by atoms with E-state index in [0.29, 0.717) is 16.4 Å². The molecule has 0 bridgehead atoms. The van der Waals surface area contributed by atoms with Gasteiger partial charge in [-0.15, -0.1) is 5.10 Å². The van der Waals surface area contributed by atoms with Crippen LogP contribution in [0, 0.1) is 20.8 Å². The molecule has 4 rings (SSSR count). The smallest absolute Gasteiger partial charge is 0.270 e. The zero-order chi connectivity index (χ0) is 18.3. The average molecular weight is 365 g/mol. The first-order chi connectivity index (χ1) is 12.5. The van der Waals surface area contributed by atoms with Crippen LogP contribution >= 0.6 is 11.5 Å². The largest absolute Gasteiger partial charge is 0.356 e. The minimum Gasteiger partial charge on any atom is -0.356 e. The first-order valence-electron chi connectivity index (χ1n) is 7.96. The van der Waals surface area contributed by atoms with E-state index >= 15 is 0 Å². The van der Waals surface area contributed by atoms with Crippen molar-refractivity contribution in [2.75, 3.05) is 5.32 Å². The summed E-state index contributed by atoms with van der Waals surface area (Å²) >= 11 is 1.06. The van der Waals surface area contributed by atoms with Crippen molar-refractivity contribution in [3.63, 3.8) is 0 Å². The van der Waals surface area contributed by atoms with E-state index in [0.717, 1.165) is 44.9 Å². The van der Waals surface area contributed by atoms with Crippen molar-refractivity contribution in [1.82, 2.24) is 19.7 Å². The summed E-state index contributed by atoms with van der Waals surface area (Å²) in [5.74, 6) is 0.216. The Balaban J connectivity index is 1.61. The molecule has 4 aromatic rings. The van der Waals surface area contributed by atoms with Gasteiger partial charge < -0.3 is 9.84 Å². The highest BCUT2D eigenvalue weighted by Crippen LogP contribution is 2.30. The number of rotatable bonds is 3. The Morgan fingerprint density at radius 3 is 2.69 bits per heavy atom. The maximum atomic E-state index is 12.2. The monoisotopic (exact) mass is 365 g/mol. The Bertz CT molecular complexity index is 1110. The molecule has 0 radical (unpaired) electrons. The zero-order valence-corrected chi connectivity index (χ0v) is 15.2. The van der Waals surface area contributed by atoms with Gasteiger partial charge in [0, 0.05) is 17.1 Å². The molecule has 0 unspecified atom stereocenters. The summed E-state index contributed by atoms with van der Waals surface area (Å²) in [7, 11) is 0. The lowest BCUT2D eigenvalue weighted by Gasteiger charge is -2.08. The fourth-order valence-electron chi connectivity index (χ4n) is 2.76. The van der Waals surface area contributed by atoms with Crippen LogP contribution < -0.4 is 5.32 Å². The molecule has 26 heavy (non-hydrogen) atoms. The van der Waals surface area contributed by atoms with Gasteiger partial charge in [-0.2, -0.15) is 0 Å². The second kappa shape index (κ2) is 6.30. The Hall–Kier alpha value is -3.13. The van der Waals surface area contributed by atoms with Crippen LogP contribution in [0.5, 0.6) is 0 Å². The minimum absolute atomic E-state index is 0.257. The summed E-state index contributed by atoms with van der Waals surface area (Å²) in [6.45, 7) is 5.71. The molecular weight excluding hydrogens is 350 g/mol. The number of nitrogens with one attached hydrogen (secondary N) is 1. The quantitative estimate of drug-likeness (QED) is 0.591. The van der Waals surface area contributed by atoms with Crippen LogP contribution in [0.15, 0.2) is 35.0 Å². The molecule has 0 spiro atoms. The fourth-order valence-corrected chi connectivity index (χ4v) is 3.32. The molecule has 0 aliphatic carbocycles. The first-order valence-corrected chi connectivity index (χ1v) is 8.73. The number of hydrogen-bond donors (Lipinski definition) is 1. The van der Waals surface area contributed by atoms with Crippen LogP contribution in [0.4, 0.5) is 5.82 Å². The molecule has 0 fully saturated rings. The zero-order valence-electron chi connectivity index (χ0n) is 14.4. The molecule has 1 N–H and O–H groups in total. The van der Waals surface area contributed by atoms with Crippen LogP contribution in [0.2, 0.25) is 0 Å². The van der Waals surface area contributed by atoms with Crippen LogP contribution in [-0.4, -0.2) is 25.6 Å². The van der Waals surface area contributed by atoms with Gasteiger partial charge in [-0.25, -0.2) is 4.98 Å². The highest BCUT2D eigenvalue weighted by Gasteiger charge is 2.14. The van der Waals surface area contributed by atoms with Crippen LogP contribution in [0.25, 0.3) is 22.1 Å². The number of aryl methyl sites for hydroxylation is 3. The van der Waals surface area contributed by atoms with Crippen molar-refractivity contribution in [1.29, 1.82) is 0 Å². The maximum absolute atomic E-state index is 12.2. The molecule has 0 aliphatic heterocycles. The number of benzene rings is 1. The van der Waals surface area contributed by atoms with E-state index in [1.54, 1.807) is 19.2 Å². The molecule has 0 atom stereocenters. The summed E-state index contributed by atoms with van der Waals surface area (Å²) < 4.78 is 9.13. The summed E-state index contributed by atoms with van der Waals surface area (Å²) in [5, 5.41) is 11.6. The maximum Gasteiger partial charge on any atom is 0.270 e. The Kier molecular flexibility index (Phi) is 3.96. The predicted octanol–water partition coefficient (Wildman–Crippen LogP) is 3.92. The summed E-state index contributed by atoms with van der Waals surface area (Å²) in [6, 6.07) is 7.71. The molecule has 1 aromatic carbocycles. The van der Waals surface area contributed by atoms with E-state index in [2.05, 4.69) is 31.1 Å². The van der Waals surface area contributed by atoms with Crippen molar-refractivity contribution >= 4 is 34.2 Å². The van der Waals surface area contributed by atoms with Gasteiger partial charge in [0.2, 0.25) is 0 Å². The highest BCUT2D eigenvalue weighted by molar-refractivity contribution is 7.08. The highest BCUT2D eigenvalue weighted by atomic mass is 32.1. The van der Waals surface area contributed by atoms with Crippen LogP contribution in [0.3, 0.4) is 0 Å². The molecular formula is C18H15N5O2S. The first kappa shape index (κ1) is 16.3. The number of nitrogens with zero attached hydrogens (tertiary/aromatic N) is 4. The summed E-state index contributed by atoms with van der Waals surface area (Å²) in [5.41, 5.74) is 5.28. The van der Waals surface area contributed by atoms with Crippen molar-refractivity contribution < 1.29 is 9.32 Å². The van der Waals surface area contributed by atoms with Crippen LogP contribution in [0.1, 0.15) is 26.6 Å². The second-order valence-electron chi connectivity index (χ2n) is 6.00. The van der Waals surface area contributed by atoms with E-state index in [-0.39, 0.29) is 5.91 Å². The Labute approximate surface area is 153 Å². The number of carbonyl (C=O) groups is 1. The lowest BCUT2D eigenvalue weighted by atomic mass is 10.00. The van der Waals surface area contributed by atoms with Crippen molar-refractivity contribution in [2.24, 2.45) is 0 Å². The van der Waals surface area contributed by atoms with Crippen molar-refractivity contribution in [2.45, 2.75) is 20.8 Å². The Morgan fingerprint density at radius 2 is 2.00 bits per heavy atom. The lowest BCUT2D eigenvalue weighted by Crippen LogP contribution is -2.12. The van der Waals surface area contributed by atoms with Gasteiger partial charge in [-0.05, 0) is 67.7 Å². The van der Waals surface area contributed by atoms with Gasteiger partial charge in [0.05, 0.1) is 11.4 Å². The summed E-state index contributed by atoms with van der Waals surface area (Å²) in [4.78, 5) is 17.0. The van der Waals surface area contributed by atoms with Gasteiger partial charge in [0.25, 0.3) is 5.91 Å². The molecule has 3 heterocycles. The van der Waals surface area contributed by atoms with E-state index in [9.17, 15) is 4.79 Å². The van der Waals surface area contributed by atoms with Gasteiger partial charge >= 0.3 is 0 Å². The molecule has 8 heteroatoms. The Morgan fingerprint density at radius 1 is 1.15 bits per heavy atom. The van der Waals surface area contributed by atoms with E-state index < -0.39 is 0 Å². The van der Waals surface area contributed by atoms with Gasteiger partial charge in [-0.3, -0.25) is 4.79 Å². The number of anilines is 1. The van der Waals surface area contributed by atoms with Gasteiger partial charge in [0.15, 0.2) is 5.58 Å². The average Bonchev–Trinajstić information content (AvgIpc) is 3.21. The number of aromatic nitrogens is 4. The topological polar surface area (TPSA) is 93.8 Å². The fraction of sp³-hybridized carbons (Fsp3) is 0.167. The van der Waals surface area contributed by atoms with Gasteiger partial charge in [-0.1, -0.05) is 9.64 Å². The molecule has 0 saturated heterocycles. The molecule has 130 valence electrons. The van der Waals surface area contributed by atoms with Crippen molar-refractivity contribution in [3.8, 4) is 11.1 Å². The minimum atomic E-state index is -0.257. The standard InChI is InChI=1S/C18H15N5O2S/c1-9-6-14-10(2)22-25-15(14)7-13(9)12-4-5-16(19-8-12)20-18(24)17-11(3)21-23-26-17/h4-8H,1-3H3,(H,19,20,24). The number of amides is 1. The molecule has 7 nitrogen and oxygen atoms in total. The molecule has 1 amide bonds. The van der Waals surface area contributed by atoms with Crippen LogP contribution in [-0.2, 0) is 0 Å². The third kappa shape index (κ3) is 2.84. The molecule has 0 aliphatic rings. The van der Waals surface area contributed by atoms with Gasteiger partial charge in [0.1, 0.15) is 10.7 Å². The molecule has 0 saturated carbocycles. The molecule has 3 aromatic heterocycles. The second-order valence-corrected chi connectivity index (χ2v) is 6.76. The summed E-state index contributed by atoms with van der Waals surface area (Å²) in [6.07, 6.45) is 1.73. The number of carbonyl (C=O) groups excluding carboxylic acids is 1. The SMILES string of the molecule is Cc1cc2c(C)noc2cc1-c1ccc(NC(=O)c2snnc2C)nc1. The third-order valence-electron chi connectivity index (χ3n) is 4.17. The van der Waals surface area contributed by atoms with E-state index in [1.807, 2.05) is 26.0 Å². The van der Waals surface area contributed by atoms with E-state index in [4.69, 9.17) is 4.52 Å². The number of pyridine rings is 1. The lowest BCUT2D eigenvalue weighted by molar-refractivity contribution is 0.102. The van der Waals surface area contributed by atoms with Crippen molar-refractivity contribution in [3.05, 3.63) is 52.3 Å². The van der Waals surface area contributed by atoms with E-state index in [1.165, 1.54) is 0 Å². The number of hydrogen-bond acceptors (Lipinski definition) is 7. The predicted molar refractivity (Wildman–Crippen MR) is 99.3 cm³/mol. The number of fused-ring (bicyclic) bond motifs is 1.